The van der Waals surface area contributed by atoms with E-state index in [-0.39, 0.29) is 12.0 Å². The largest absolute Gasteiger partial charge is 0.407 e. The summed E-state index contributed by atoms with van der Waals surface area (Å²) in [7, 11) is 0. The van der Waals surface area contributed by atoms with Gasteiger partial charge in [-0.1, -0.05) is 30.8 Å². The van der Waals surface area contributed by atoms with Gasteiger partial charge in [0.1, 0.15) is 0 Å². The molecular weight excluding hydrogens is 368 g/mol. The van der Waals surface area contributed by atoms with E-state index >= 15 is 0 Å². The fraction of sp³-hybridized carbons (Fsp3) is 0.0435. The summed E-state index contributed by atoms with van der Waals surface area (Å²) in [6.45, 7) is 3.68. The smallest absolute Gasteiger partial charge is 0.244 e. The SMILES string of the molecule is C=C(CC(=O)O[n+]1cccc2ccccc21)C(=O)O[n+]1cccc2ccccc21. The van der Waals surface area contributed by atoms with Gasteiger partial charge in [0.15, 0.2) is 0 Å². The summed E-state index contributed by atoms with van der Waals surface area (Å²) in [4.78, 5) is 35.5. The first-order valence-electron chi connectivity index (χ1n) is 9.02. The topological polar surface area (TPSA) is 60.4 Å². The van der Waals surface area contributed by atoms with Crippen molar-refractivity contribution in [2.24, 2.45) is 0 Å². The molecule has 0 bridgehead atoms. The zero-order valence-electron chi connectivity index (χ0n) is 15.5. The number of rotatable bonds is 5. The van der Waals surface area contributed by atoms with Crippen molar-refractivity contribution >= 4 is 33.7 Å². The van der Waals surface area contributed by atoms with E-state index in [9.17, 15) is 9.59 Å². The number of aromatic nitrogens is 2. The van der Waals surface area contributed by atoms with Crippen LogP contribution >= 0.6 is 0 Å². The highest BCUT2D eigenvalue weighted by atomic mass is 16.7. The molecule has 2 aromatic carbocycles. The van der Waals surface area contributed by atoms with Crippen molar-refractivity contribution in [1.29, 1.82) is 0 Å². The van der Waals surface area contributed by atoms with Gasteiger partial charge < -0.3 is 0 Å². The Morgan fingerprint density at radius 3 is 1.79 bits per heavy atom. The molecule has 0 fully saturated rings. The molecule has 0 N–H and O–H groups in total. The van der Waals surface area contributed by atoms with E-state index in [1.165, 1.54) is 9.46 Å². The van der Waals surface area contributed by atoms with Crippen molar-refractivity contribution in [1.82, 2.24) is 0 Å². The summed E-state index contributed by atoms with van der Waals surface area (Å²) < 4.78 is 2.73. The van der Waals surface area contributed by atoms with Gasteiger partial charge in [-0.25, -0.2) is 9.59 Å². The molecule has 0 radical (unpaired) electrons. The number of para-hydroxylation sites is 2. The maximum Gasteiger partial charge on any atom is 0.407 e. The fourth-order valence-electron chi connectivity index (χ4n) is 2.97. The molecule has 2 aromatic heterocycles. The lowest BCUT2D eigenvalue weighted by Gasteiger charge is -2.02. The first kappa shape index (κ1) is 18.3. The Bertz CT molecular complexity index is 1240. The van der Waals surface area contributed by atoms with Crippen LogP contribution in [0, 0.1) is 0 Å². The molecule has 6 nitrogen and oxygen atoms in total. The third kappa shape index (κ3) is 3.96. The molecule has 0 saturated carbocycles. The van der Waals surface area contributed by atoms with E-state index in [0.29, 0.717) is 0 Å². The first-order valence-corrected chi connectivity index (χ1v) is 9.02. The average molecular weight is 386 g/mol. The number of hydrogen-bond acceptors (Lipinski definition) is 4. The van der Waals surface area contributed by atoms with Crippen molar-refractivity contribution in [2.75, 3.05) is 0 Å². The molecule has 0 aliphatic heterocycles. The Morgan fingerprint density at radius 1 is 0.724 bits per heavy atom. The maximum atomic E-state index is 12.4. The van der Waals surface area contributed by atoms with Gasteiger partial charge in [0.25, 0.3) is 11.0 Å². The quantitative estimate of drug-likeness (QED) is 0.389. The Balaban J connectivity index is 1.44. The van der Waals surface area contributed by atoms with Gasteiger partial charge in [-0.3, -0.25) is 0 Å². The minimum absolute atomic E-state index is 0.00345. The number of carbonyl (C=O) groups excluding carboxylic acids is 2. The van der Waals surface area contributed by atoms with Gasteiger partial charge in [-0.05, 0) is 24.3 Å². The highest BCUT2D eigenvalue weighted by Crippen LogP contribution is 2.09. The Kier molecular flexibility index (Phi) is 4.99. The predicted octanol–water partition coefficient (Wildman–Crippen LogP) is 2.12. The Hall–Kier alpha value is -4.06. The molecule has 29 heavy (non-hydrogen) atoms. The van der Waals surface area contributed by atoms with Crippen LogP contribution in [0.5, 0.6) is 0 Å². The first-order chi connectivity index (χ1) is 14.1. The molecular formula is C23H18N2O4+2. The van der Waals surface area contributed by atoms with Crippen LogP contribution in [0.25, 0.3) is 21.8 Å². The van der Waals surface area contributed by atoms with E-state index in [1.807, 2.05) is 60.7 Å². The van der Waals surface area contributed by atoms with Crippen molar-refractivity contribution < 1.29 is 28.7 Å². The van der Waals surface area contributed by atoms with Gasteiger partial charge in [0, 0.05) is 39.3 Å². The Morgan fingerprint density at radius 2 is 1.21 bits per heavy atom. The molecule has 6 heteroatoms. The number of benzene rings is 2. The number of nitrogens with zero attached hydrogens (tertiary/aromatic N) is 2. The average Bonchev–Trinajstić information content (AvgIpc) is 2.74. The van der Waals surface area contributed by atoms with Crippen molar-refractivity contribution in [3.63, 3.8) is 0 Å². The maximum absolute atomic E-state index is 12.4. The summed E-state index contributed by atoms with van der Waals surface area (Å²) in [5, 5.41) is 1.84. The van der Waals surface area contributed by atoms with Gasteiger partial charge in [-0.2, -0.15) is 9.68 Å². The summed E-state index contributed by atoms with van der Waals surface area (Å²) in [5.41, 5.74) is 1.46. The molecule has 0 saturated heterocycles. The second-order valence-electron chi connectivity index (χ2n) is 6.41. The standard InChI is InChI=1S/C23H18N2O4/c1-17(23(27)29-25-15-7-11-19-9-3-5-13-21(19)25)16-22(26)28-24-14-6-10-18-8-2-4-12-20(18)24/h2-15H,1,16H2/q+2. The number of hydrogen-bond donors (Lipinski definition) is 0. The molecule has 0 aliphatic rings. The molecule has 0 atom stereocenters. The van der Waals surface area contributed by atoms with Gasteiger partial charge in [-0.15, -0.1) is 0 Å². The minimum atomic E-state index is -0.703. The van der Waals surface area contributed by atoms with Crippen LogP contribution < -0.4 is 19.1 Å². The lowest BCUT2D eigenvalue weighted by molar-refractivity contribution is -0.849. The van der Waals surface area contributed by atoms with Gasteiger partial charge in [0.2, 0.25) is 12.4 Å². The van der Waals surface area contributed by atoms with E-state index in [2.05, 4.69) is 6.58 Å². The normalized spacial score (nSPS) is 10.6. The number of carbonyl (C=O) groups is 2. The van der Waals surface area contributed by atoms with Crippen LogP contribution in [0.4, 0.5) is 0 Å². The predicted molar refractivity (Wildman–Crippen MR) is 105 cm³/mol. The van der Waals surface area contributed by atoms with Crippen LogP contribution in [0.2, 0.25) is 0 Å². The third-order valence-corrected chi connectivity index (χ3v) is 4.37. The van der Waals surface area contributed by atoms with E-state index < -0.39 is 11.9 Å². The molecule has 142 valence electrons. The van der Waals surface area contributed by atoms with E-state index in [1.54, 1.807) is 24.5 Å². The van der Waals surface area contributed by atoms with Crippen LogP contribution in [0.3, 0.4) is 0 Å². The highest BCUT2D eigenvalue weighted by Gasteiger charge is 2.23. The van der Waals surface area contributed by atoms with Crippen LogP contribution in [-0.2, 0) is 9.59 Å². The second kappa shape index (κ2) is 7.90. The van der Waals surface area contributed by atoms with Crippen molar-refractivity contribution in [3.05, 3.63) is 97.3 Å². The summed E-state index contributed by atoms with van der Waals surface area (Å²) in [6, 6.07) is 22.4. The zero-order valence-corrected chi connectivity index (χ0v) is 15.5. The lowest BCUT2D eigenvalue weighted by Crippen LogP contribution is -2.48. The minimum Gasteiger partial charge on any atom is -0.244 e. The van der Waals surface area contributed by atoms with Gasteiger partial charge >= 0.3 is 11.9 Å². The molecule has 4 rings (SSSR count). The van der Waals surface area contributed by atoms with E-state index in [4.69, 9.17) is 9.68 Å². The summed E-state index contributed by atoms with van der Waals surface area (Å²) in [6.07, 6.45) is 2.96. The molecule has 0 spiro atoms. The molecule has 0 unspecified atom stereocenters. The van der Waals surface area contributed by atoms with Crippen molar-refractivity contribution in [2.45, 2.75) is 6.42 Å². The number of pyridine rings is 2. The van der Waals surface area contributed by atoms with Crippen LogP contribution in [0.15, 0.2) is 97.3 Å². The lowest BCUT2D eigenvalue weighted by atomic mass is 10.2. The van der Waals surface area contributed by atoms with Crippen molar-refractivity contribution in [3.8, 4) is 0 Å². The molecule has 4 aromatic rings. The van der Waals surface area contributed by atoms with E-state index in [0.717, 1.165) is 21.8 Å². The Labute approximate surface area is 166 Å². The monoisotopic (exact) mass is 386 g/mol. The third-order valence-electron chi connectivity index (χ3n) is 4.37. The van der Waals surface area contributed by atoms with Crippen LogP contribution in [0.1, 0.15) is 6.42 Å². The van der Waals surface area contributed by atoms with Crippen LogP contribution in [-0.4, -0.2) is 11.9 Å². The molecule has 0 aliphatic carbocycles. The fourth-order valence-corrected chi connectivity index (χ4v) is 2.97. The number of fused-ring (bicyclic) bond motifs is 2. The molecule has 0 amide bonds. The summed E-state index contributed by atoms with van der Waals surface area (Å²) >= 11 is 0. The van der Waals surface area contributed by atoms with Gasteiger partial charge in [0.05, 0.1) is 17.2 Å². The summed E-state index contributed by atoms with van der Waals surface area (Å²) in [5.74, 6) is -1.32. The zero-order chi connectivity index (χ0) is 20.2. The second-order valence-corrected chi connectivity index (χ2v) is 6.41. The highest BCUT2D eigenvalue weighted by molar-refractivity contribution is 5.93. The molecule has 2 heterocycles.